The second-order valence-electron chi connectivity index (χ2n) is 4.92. The zero-order chi connectivity index (χ0) is 14.0. The Hall–Kier alpha value is -1.88. The molecule has 0 saturated carbocycles. The zero-order valence-corrected chi connectivity index (χ0v) is 11.3. The number of fused-ring (bicyclic) bond motifs is 1. The second-order valence-corrected chi connectivity index (χ2v) is 4.92. The number of carbonyl (C=O) groups is 2. The minimum absolute atomic E-state index is 0.144. The van der Waals surface area contributed by atoms with Crippen molar-refractivity contribution in [3.8, 4) is 0 Å². The fourth-order valence-corrected chi connectivity index (χ4v) is 2.17. The molecule has 1 heterocycles. The van der Waals surface area contributed by atoms with Crippen LogP contribution in [0.2, 0.25) is 0 Å². The maximum absolute atomic E-state index is 11.6. The minimum atomic E-state index is -0.499. The normalized spacial score (nSPS) is 15.9. The molecule has 1 unspecified atom stereocenters. The monoisotopic (exact) mass is 261 g/mol. The number of nitrogens with one attached hydrogen (secondary N) is 1. The first kappa shape index (κ1) is 13.5. The summed E-state index contributed by atoms with van der Waals surface area (Å²) in [6.07, 6.45) is 1.30. The average Bonchev–Trinajstić information content (AvgIpc) is 2.40. The largest absolute Gasteiger partial charge is 0.351 e. The topological polar surface area (TPSA) is 75.4 Å². The summed E-state index contributed by atoms with van der Waals surface area (Å²) in [7, 11) is 1.79. The molecular weight excluding hydrogens is 242 g/mol. The molecular formula is C14H19N3O2. The number of benzene rings is 1. The van der Waals surface area contributed by atoms with Crippen molar-refractivity contribution in [1.82, 2.24) is 5.32 Å². The number of nitrogens with zero attached hydrogens (tertiary/aromatic N) is 1. The van der Waals surface area contributed by atoms with Gasteiger partial charge in [-0.25, -0.2) is 0 Å². The molecule has 5 nitrogen and oxygen atoms in total. The first-order valence-electron chi connectivity index (χ1n) is 6.40. The van der Waals surface area contributed by atoms with Gasteiger partial charge in [0.05, 0.1) is 6.04 Å². The van der Waals surface area contributed by atoms with Crippen LogP contribution in [-0.2, 0) is 22.6 Å². The van der Waals surface area contributed by atoms with Crippen LogP contribution in [0.1, 0.15) is 24.5 Å². The van der Waals surface area contributed by atoms with Crippen LogP contribution in [0.5, 0.6) is 0 Å². The van der Waals surface area contributed by atoms with Crippen molar-refractivity contribution in [2.45, 2.75) is 32.4 Å². The van der Waals surface area contributed by atoms with E-state index in [9.17, 15) is 9.59 Å². The van der Waals surface area contributed by atoms with E-state index in [4.69, 9.17) is 5.73 Å². The third-order valence-corrected chi connectivity index (χ3v) is 3.37. The van der Waals surface area contributed by atoms with Gasteiger partial charge >= 0.3 is 0 Å². The van der Waals surface area contributed by atoms with E-state index >= 15 is 0 Å². The lowest BCUT2D eigenvalue weighted by Crippen LogP contribution is -2.37. The van der Waals surface area contributed by atoms with E-state index in [1.807, 2.05) is 18.2 Å². The Balaban J connectivity index is 2.09. The van der Waals surface area contributed by atoms with E-state index in [0.29, 0.717) is 13.0 Å². The Morgan fingerprint density at radius 1 is 1.47 bits per heavy atom. The van der Waals surface area contributed by atoms with Gasteiger partial charge in [-0.1, -0.05) is 12.1 Å². The van der Waals surface area contributed by atoms with Crippen molar-refractivity contribution in [1.29, 1.82) is 0 Å². The highest BCUT2D eigenvalue weighted by Gasteiger charge is 2.20. The lowest BCUT2D eigenvalue weighted by atomic mass is 9.99. The van der Waals surface area contributed by atoms with Crippen LogP contribution in [0.15, 0.2) is 18.2 Å². The summed E-state index contributed by atoms with van der Waals surface area (Å²) in [6, 6.07) is 5.40. The summed E-state index contributed by atoms with van der Waals surface area (Å²) in [5, 5.41) is 2.78. The number of anilines is 1. The number of hydrogen-bond acceptors (Lipinski definition) is 3. The molecule has 0 saturated heterocycles. The molecule has 1 aliphatic heterocycles. The molecule has 0 radical (unpaired) electrons. The highest BCUT2D eigenvalue weighted by atomic mass is 16.2. The van der Waals surface area contributed by atoms with Gasteiger partial charge in [-0.05, 0) is 30.5 Å². The molecule has 1 aliphatic rings. The smallest absolute Gasteiger partial charge is 0.236 e. The number of carbonyl (C=O) groups excluding carboxylic acids is 2. The molecule has 0 aromatic heterocycles. The highest BCUT2D eigenvalue weighted by Crippen LogP contribution is 2.27. The van der Waals surface area contributed by atoms with E-state index in [0.717, 1.165) is 23.2 Å². The van der Waals surface area contributed by atoms with Crippen LogP contribution in [0, 0.1) is 0 Å². The molecule has 1 aromatic rings. The fourth-order valence-electron chi connectivity index (χ4n) is 2.17. The van der Waals surface area contributed by atoms with Crippen molar-refractivity contribution in [3.05, 3.63) is 29.3 Å². The van der Waals surface area contributed by atoms with Gasteiger partial charge in [0.15, 0.2) is 0 Å². The molecule has 0 bridgehead atoms. The van der Waals surface area contributed by atoms with Gasteiger partial charge in [0.25, 0.3) is 0 Å². The number of nitrogens with two attached hydrogens (primary N) is 1. The van der Waals surface area contributed by atoms with Gasteiger partial charge in [0, 0.05) is 25.7 Å². The Labute approximate surface area is 112 Å². The number of rotatable bonds is 3. The summed E-state index contributed by atoms with van der Waals surface area (Å²) < 4.78 is 0. The predicted octanol–water partition coefficient (Wildman–Crippen LogP) is 0.559. The molecule has 1 aromatic carbocycles. The Morgan fingerprint density at radius 2 is 2.21 bits per heavy atom. The third-order valence-electron chi connectivity index (χ3n) is 3.37. The zero-order valence-electron chi connectivity index (χ0n) is 11.3. The summed E-state index contributed by atoms with van der Waals surface area (Å²) in [5.74, 6) is -0.0180. The van der Waals surface area contributed by atoms with Gasteiger partial charge in [-0.15, -0.1) is 0 Å². The quantitative estimate of drug-likeness (QED) is 0.834. The lowest BCUT2D eigenvalue weighted by molar-refractivity contribution is -0.122. The molecule has 102 valence electrons. The lowest BCUT2D eigenvalue weighted by Gasteiger charge is -2.26. The predicted molar refractivity (Wildman–Crippen MR) is 73.7 cm³/mol. The number of hydrogen-bond donors (Lipinski definition) is 2. The molecule has 0 aliphatic carbocycles. The van der Waals surface area contributed by atoms with Crippen molar-refractivity contribution < 1.29 is 9.59 Å². The van der Waals surface area contributed by atoms with E-state index < -0.39 is 6.04 Å². The Kier molecular flexibility index (Phi) is 3.85. The maximum atomic E-state index is 11.6. The molecule has 2 rings (SSSR count). The molecule has 0 fully saturated rings. The van der Waals surface area contributed by atoms with Crippen LogP contribution in [0.25, 0.3) is 0 Å². The van der Waals surface area contributed by atoms with Crippen molar-refractivity contribution in [3.63, 3.8) is 0 Å². The fraction of sp³-hybridized carbons (Fsp3) is 0.429. The summed E-state index contributed by atoms with van der Waals surface area (Å²) >= 11 is 0. The van der Waals surface area contributed by atoms with Crippen LogP contribution in [0.3, 0.4) is 0 Å². The highest BCUT2D eigenvalue weighted by molar-refractivity contribution is 5.95. The van der Waals surface area contributed by atoms with E-state index in [-0.39, 0.29) is 11.8 Å². The van der Waals surface area contributed by atoms with Crippen molar-refractivity contribution in [2.75, 3.05) is 11.9 Å². The number of aryl methyl sites for hydroxylation is 1. The van der Waals surface area contributed by atoms with Gasteiger partial charge in [0.1, 0.15) is 0 Å². The molecule has 2 amide bonds. The van der Waals surface area contributed by atoms with Crippen LogP contribution < -0.4 is 16.0 Å². The summed E-state index contributed by atoms with van der Waals surface area (Å²) in [6.45, 7) is 2.12. The van der Waals surface area contributed by atoms with Crippen LogP contribution in [0.4, 0.5) is 5.69 Å². The Bertz CT molecular complexity index is 511. The van der Waals surface area contributed by atoms with Gasteiger partial charge in [-0.2, -0.15) is 0 Å². The standard InChI is InChI=1S/C14H19N3O2/c1-9(15)14(19)16-8-10-3-5-12-11(7-10)4-6-13(18)17(12)2/h3,5,7,9H,4,6,8,15H2,1-2H3,(H,16,19). The van der Waals surface area contributed by atoms with Gasteiger partial charge in [-0.3, -0.25) is 9.59 Å². The second kappa shape index (κ2) is 5.40. The molecule has 1 atom stereocenters. The van der Waals surface area contributed by atoms with Crippen LogP contribution >= 0.6 is 0 Å². The van der Waals surface area contributed by atoms with Gasteiger partial charge in [0.2, 0.25) is 11.8 Å². The third kappa shape index (κ3) is 2.93. The molecule has 5 heteroatoms. The first-order chi connectivity index (χ1) is 8.99. The molecule has 0 spiro atoms. The van der Waals surface area contributed by atoms with Gasteiger partial charge < -0.3 is 16.0 Å². The molecule has 19 heavy (non-hydrogen) atoms. The van der Waals surface area contributed by atoms with Crippen molar-refractivity contribution >= 4 is 17.5 Å². The molecule has 3 N–H and O–H groups in total. The van der Waals surface area contributed by atoms with Crippen molar-refractivity contribution in [2.24, 2.45) is 5.73 Å². The first-order valence-corrected chi connectivity index (χ1v) is 6.40. The average molecular weight is 261 g/mol. The summed E-state index contributed by atoms with van der Waals surface area (Å²) in [5.41, 5.74) is 8.62. The maximum Gasteiger partial charge on any atom is 0.236 e. The SMILES string of the molecule is CC(N)C(=O)NCc1ccc2c(c1)CCC(=O)N2C. The van der Waals surface area contributed by atoms with E-state index in [2.05, 4.69) is 5.32 Å². The van der Waals surface area contributed by atoms with E-state index in [1.165, 1.54) is 0 Å². The van der Waals surface area contributed by atoms with Crippen LogP contribution in [-0.4, -0.2) is 24.9 Å². The van der Waals surface area contributed by atoms with E-state index in [1.54, 1.807) is 18.9 Å². The minimum Gasteiger partial charge on any atom is -0.351 e. The number of amides is 2. The summed E-state index contributed by atoms with van der Waals surface area (Å²) in [4.78, 5) is 24.7. The Morgan fingerprint density at radius 3 is 2.89 bits per heavy atom.